The van der Waals surface area contributed by atoms with E-state index in [2.05, 4.69) is 10.6 Å². The second-order valence-corrected chi connectivity index (χ2v) is 7.11. The Bertz CT molecular complexity index is 935. The van der Waals surface area contributed by atoms with Gasteiger partial charge < -0.3 is 20.5 Å². The number of carboxylic acids is 1. The number of carbonyl (C=O) groups is 3. The number of nitrogens with one attached hydrogen (secondary N) is 2. The molecular weight excluding hydrogens is 372 g/mol. The molecule has 1 aliphatic rings. The molecule has 2 aromatic carbocycles. The van der Waals surface area contributed by atoms with Gasteiger partial charge in [-0.2, -0.15) is 0 Å². The fourth-order valence-corrected chi connectivity index (χ4v) is 3.32. The Balaban J connectivity index is 1.76. The standard InChI is InChI=1S/C22H24N2O5/c1-13-6-3-9-17(14(13)2)19(22(27)28)24-20(25)15-7-4-8-16(12-15)23-21(26)18-10-5-11-29-18/h3-4,6-9,12,18-19H,5,10-11H2,1-2H3,(H,23,26)(H,24,25)(H,27,28). The summed E-state index contributed by atoms with van der Waals surface area (Å²) in [5.41, 5.74) is 3.01. The van der Waals surface area contributed by atoms with E-state index < -0.39 is 24.0 Å². The number of hydrogen-bond acceptors (Lipinski definition) is 4. The fourth-order valence-electron chi connectivity index (χ4n) is 3.32. The van der Waals surface area contributed by atoms with Crippen LogP contribution in [0.1, 0.15) is 45.9 Å². The highest BCUT2D eigenvalue weighted by Gasteiger charge is 2.26. The largest absolute Gasteiger partial charge is 0.479 e. The summed E-state index contributed by atoms with van der Waals surface area (Å²) < 4.78 is 5.36. The number of aliphatic carboxylic acids is 1. The van der Waals surface area contributed by atoms with E-state index in [1.54, 1.807) is 30.3 Å². The topological polar surface area (TPSA) is 105 Å². The van der Waals surface area contributed by atoms with Gasteiger partial charge in [-0.15, -0.1) is 0 Å². The molecule has 0 aromatic heterocycles. The van der Waals surface area contributed by atoms with Gasteiger partial charge >= 0.3 is 5.97 Å². The van der Waals surface area contributed by atoms with E-state index in [0.29, 0.717) is 24.3 Å². The Hall–Kier alpha value is -3.19. The van der Waals surface area contributed by atoms with Gasteiger partial charge in [0.25, 0.3) is 11.8 Å². The smallest absolute Gasteiger partial charge is 0.330 e. The second kappa shape index (κ2) is 8.87. The van der Waals surface area contributed by atoms with E-state index in [1.165, 1.54) is 6.07 Å². The van der Waals surface area contributed by atoms with Gasteiger partial charge in [-0.3, -0.25) is 9.59 Å². The first-order chi connectivity index (χ1) is 13.9. The Morgan fingerprint density at radius 2 is 1.90 bits per heavy atom. The number of carboxylic acid groups (broad SMARTS) is 1. The first-order valence-electron chi connectivity index (χ1n) is 9.49. The Labute approximate surface area is 169 Å². The molecule has 3 rings (SSSR count). The number of amides is 2. The van der Waals surface area contributed by atoms with Crippen molar-refractivity contribution in [1.82, 2.24) is 5.32 Å². The highest BCUT2D eigenvalue weighted by Crippen LogP contribution is 2.22. The van der Waals surface area contributed by atoms with Crippen LogP contribution in [0.15, 0.2) is 42.5 Å². The Morgan fingerprint density at radius 1 is 1.14 bits per heavy atom. The number of carbonyl (C=O) groups excluding carboxylic acids is 2. The monoisotopic (exact) mass is 396 g/mol. The van der Waals surface area contributed by atoms with Crippen molar-refractivity contribution < 1.29 is 24.2 Å². The highest BCUT2D eigenvalue weighted by molar-refractivity contribution is 5.99. The number of aryl methyl sites for hydroxylation is 1. The molecule has 1 aliphatic heterocycles. The quantitative estimate of drug-likeness (QED) is 0.696. The Kier molecular flexibility index (Phi) is 6.29. The van der Waals surface area contributed by atoms with Crippen LogP contribution in [0.4, 0.5) is 5.69 Å². The SMILES string of the molecule is Cc1cccc(C(NC(=O)c2cccc(NC(=O)C3CCCO3)c2)C(=O)O)c1C. The number of rotatable bonds is 6. The van der Waals surface area contributed by atoms with Crippen LogP contribution in [-0.4, -0.2) is 35.6 Å². The van der Waals surface area contributed by atoms with E-state index in [4.69, 9.17) is 4.74 Å². The third kappa shape index (κ3) is 4.81. The van der Waals surface area contributed by atoms with Gasteiger partial charge in [0.1, 0.15) is 6.10 Å². The van der Waals surface area contributed by atoms with Crippen molar-refractivity contribution in [3.05, 3.63) is 64.7 Å². The maximum absolute atomic E-state index is 12.7. The van der Waals surface area contributed by atoms with Crippen molar-refractivity contribution in [2.45, 2.75) is 38.8 Å². The van der Waals surface area contributed by atoms with Gasteiger partial charge in [-0.25, -0.2) is 4.79 Å². The van der Waals surface area contributed by atoms with E-state index in [-0.39, 0.29) is 11.5 Å². The van der Waals surface area contributed by atoms with Crippen LogP contribution >= 0.6 is 0 Å². The van der Waals surface area contributed by atoms with Crippen LogP contribution in [0.2, 0.25) is 0 Å². The minimum Gasteiger partial charge on any atom is -0.479 e. The zero-order chi connectivity index (χ0) is 21.0. The minimum absolute atomic E-state index is 0.251. The summed E-state index contributed by atoms with van der Waals surface area (Å²) in [7, 11) is 0. The van der Waals surface area contributed by atoms with Gasteiger partial charge in [0.2, 0.25) is 0 Å². The molecule has 0 radical (unpaired) electrons. The summed E-state index contributed by atoms with van der Waals surface area (Å²) in [5, 5.41) is 15.0. The molecule has 2 amide bonds. The molecule has 2 unspecified atom stereocenters. The van der Waals surface area contributed by atoms with E-state index in [9.17, 15) is 19.5 Å². The first-order valence-corrected chi connectivity index (χ1v) is 9.49. The molecule has 7 heteroatoms. The maximum Gasteiger partial charge on any atom is 0.330 e. The van der Waals surface area contributed by atoms with Crippen LogP contribution in [0.3, 0.4) is 0 Å². The maximum atomic E-state index is 12.7. The van der Waals surface area contributed by atoms with E-state index >= 15 is 0 Å². The molecule has 1 heterocycles. The van der Waals surface area contributed by atoms with Crippen molar-refractivity contribution >= 4 is 23.5 Å². The normalized spacial score (nSPS) is 16.8. The zero-order valence-electron chi connectivity index (χ0n) is 16.4. The van der Waals surface area contributed by atoms with Crippen molar-refractivity contribution in [1.29, 1.82) is 0 Å². The average molecular weight is 396 g/mol. The molecule has 3 N–H and O–H groups in total. The summed E-state index contributed by atoms with van der Waals surface area (Å²) in [6.45, 7) is 4.28. The minimum atomic E-state index is -1.17. The van der Waals surface area contributed by atoms with E-state index in [0.717, 1.165) is 17.5 Å². The first kappa shape index (κ1) is 20.5. The highest BCUT2D eigenvalue weighted by atomic mass is 16.5. The molecule has 0 aliphatic carbocycles. The molecular formula is C22H24N2O5. The van der Waals surface area contributed by atoms with Crippen LogP contribution in [0.25, 0.3) is 0 Å². The predicted octanol–water partition coefficient (Wildman–Crippen LogP) is 2.98. The molecule has 0 bridgehead atoms. The third-order valence-corrected chi connectivity index (χ3v) is 5.09. The average Bonchev–Trinajstić information content (AvgIpc) is 3.23. The van der Waals surface area contributed by atoms with Gasteiger partial charge in [0.15, 0.2) is 6.04 Å². The van der Waals surface area contributed by atoms with Gasteiger partial charge in [0, 0.05) is 17.9 Å². The molecule has 2 atom stereocenters. The molecule has 1 saturated heterocycles. The number of ether oxygens (including phenoxy) is 1. The van der Waals surface area contributed by atoms with Gasteiger partial charge in [-0.05, 0) is 61.6 Å². The van der Waals surface area contributed by atoms with Crippen LogP contribution < -0.4 is 10.6 Å². The summed E-state index contributed by atoms with van der Waals surface area (Å²) in [6.07, 6.45) is 1.03. The molecule has 0 saturated carbocycles. The number of benzene rings is 2. The summed E-state index contributed by atoms with van der Waals surface area (Å²) in [4.78, 5) is 36.7. The van der Waals surface area contributed by atoms with Crippen molar-refractivity contribution in [3.63, 3.8) is 0 Å². The van der Waals surface area contributed by atoms with Crippen LogP contribution in [0.5, 0.6) is 0 Å². The van der Waals surface area contributed by atoms with Crippen molar-refractivity contribution in [2.75, 3.05) is 11.9 Å². The van der Waals surface area contributed by atoms with Gasteiger partial charge in [-0.1, -0.05) is 24.3 Å². The van der Waals surface area contributed by atoms with Gasteiger partial charge in [0.05, 0.1) is 0 Å². The number of hydrogen-bond donors (Lipinski definition) is 3. The molecule has 7 nitrogen and oxygen atoms in total. The lowest BCUT2D eigenvalue weighted by atomic mass is 9.97. The lowest BCUT2D eigenvalue weighted by molar-refractivity contribution is -0.139. The van der Waals surface area contributed by atoms with E-state index in [1.807, 2.05) is 19.9 Å². The lowest BCUT2D eigenvalue weighted by Gasteiger charge is -2.18. The molecule has 0 spiro atoms. The molecule has 2 aromatic rings. The van der Waals surface area contributed by atoms with Crippen LogP contribution in [-0.2, 0) is 14.3 Å². The predicted molar refractivity (Wildman–Crippen MR) is 108 cm³/mol. The lowest BCUT2D eigenvalue weighted by Crippen LogP contribution is -2.34. The summed E-state index contributed by atoms with van der Waals surface area (Å²) in [6, 6.07) is 10.6. The van der Waals surface area contributed by atoms with Crippen molar-refractivity contribution in [3.8, 4) is 0 Å². The van der Waals surface area contributed by atoms with Crippen molar-refractivity contribution in [2.24, 2.45) is 0 Å². The zero-order valence-corrected chi connectivity index (χ0v) is 16.4. The summed E-state index contributed by atoms with van der Waals surface area (Å²) >= 11 is 0. The fraction of sp³-hybridized carbons (Fsp3) is 0.318. The molecule has 1 fully saturated rings. The van der Waals surface area contributed by atoms with Crippen LogP contribution in [0, 0.1) is 13.8 Å². The Morgan fingerprint density at radius 3 is 2.59 bits per heavy atom. The molecule has 29 heavy (non-hydrogen) atoms. The second-order valence-electron chi connectivity index (χ2n) is 7.11. The summed E-state index contributed by atoms with van der Waals surface area (Å²) in [5.74, 6) is -1.93. The third-order valence-electron chi connectivity index (χ3n) is 5.09. The molecule has 152 valence electrons. The number of anilines is 1.